The molecule has 2 heterocycles. The van der Waals surface area contributed by atoms with Gasteiger partial charge in [-0.15, -0.1) is 24.0 Å². The standard InChI is InChI=1S/C20H32N4O3.HI/c1-21-20(23-15-11-14-7-9-17(15)27-14)22-12-16(24(2)3)13-6-8-18(25-4)19(10-13)26-5;/h6,8,10,14-17H,7,9,11-12H2,1-5H3,(H2,21,22,23);1H. The fourth-order valence-electron chi connectivity index (χ4n) is 4.01. The molecule has 7 nitrogen and oxygen atoms in total. The van der Waals surface area contributed by atoms with Gasteiger partial charge in [0.2, 0.25) is 0 Å². The summed E-state index contributed by atoms with van der Waals surface area (Å²) in [6, 6.07) is 6.58. The second-order valence-corrected chi connectivity index (χ2v) is 7.41. The highest BCUT2D eigenvalue weighted by atomic mass is 127. The first-order valence-electron chi connectivity index (χ1n) is 9.56. The van der Waals surface area contributed by atoms with Crippen molar-refractivity contribution in [2.45, 2.75) is 43.6 Å². The minimum atomic E-state index is 0. The first-order chi connectivity index (χ1) is 13.0. The number of ether oxygens (including phenoxy) is 3. The topological polar surface area (TPSA) is 67.4 Å². The van der Waals surface area contributed by atoms with Crippen LogP contribution in [0, 0.1) is 0 Å². The molecule has 28 heavy (non-hydrogen) atoms. The Hall–Kier alpha value is -1.26. The summed E-state index contributed by atoms with van der Waals surface area (Å²) in [5.41, 5.74) is 1.16. The number of fused-ring (bicyclic) bond motifs is 2. The monoisotopic (exact) mass is 504 g/mol. The number of hydrogen-bond donors (Lipinski definition) is 2. The highest BCUT2D eigenvalue weighted by Crippen LogP contribution is 2.34. The molecule has 0 saturated carbocycles. The van der Waals surface area contributed by atoms with Crippen molar-refractivity contribution >= 4 is 29.9 Å². The molecule has 158 valence electrons. The van der Waals surface area contributed by atoms with Crippen LogP contribution in [0.2, 0.25) is 0 Å². The van der Waals surface area contributed by atoms with Gasteiger partial charge in [0.05, 0.1) is 38.5 Å². The lowest BCUT2D eigenvalue weighted by Gasteiger charge is -2.28. The van der Waals surface area contributed by atoms with Crippen molar-refractivity contribution in [3.8, 4) is 11.5 Å². The van der Waals surface area contributed by atoms with Crippen LogP contribution in [0.25, 0.3) is 0 Å². The van der Waals surface area contributed by atoms with Crippen molar-refractivity contribution in [1.82, 2.24) is 15.5 Å². The number of halogens is 1. The minimum absolute atomic E-state index is 0. The first kappa shape index (κ1) is 23.0. The number of nitrogens with zero attached hydrogens (tertiary/aromatic N) is 2. The fraction of sp³-hybridized carbons (Fsp3) is 0.650. The Morgan fingerprint density at radius 1 is 1.25 bits per heavy atom. The van der Waals surface area contributed by atoms with Gasteiger partial charge in [-0.05, 0) is 51.1 Å². The Bertz CT molecular complexity index is 671. The SMILES string of the molecule is CN=C(NCC(c1ccc(OC)c(OC)c1)N(C)C)NC1CC2CCC1O2.I. The summed E-state index contributed by atoms with van der Waals surface area (Å²) < 4.78 is 16.7. The maximum Gasteiger partial charge on any atom is 0.191 e. The first-order valence-corrected chi connectivity index (χ1v) is 9.56. The number of guanidine groups is 1. The van der Waals surface area contributed by atoms with Crippen LogP contribution < -0.4 is 20.1 Å². The smallest absolute Gasteiger partial charge is 0.191 e. The van der Waals surface area contributed by atoms with E-state index >= 15 is 0 Å². The molecule has 1 aromatic carbocycles. The van der Waals surface area contributed by atoms with Crippen molar-refractivity contribution in [2.75, 3.05) is 41.9 Å². The molecule has 8 heteroatoms. The zero-order valence-electron chi connectivity index (χ0n) is 17.4. The molecule has 3 rings (SSSR count). The van der Waals surface area contributed by atoms with Gasteiger partial charge in [-0.1, -0.05) is 6.07 Å². The van der Waals surface area contributed by atoms with Gasteiger partial charge in [-0.2, -0.15) is 0 Å². The lowest BCUT2D eigenvalue weighted by atomic mass is 9.96. The highest BCUT2D eigenvalue weighted by molar-refractivity contribution is 14.0. The molecule has 2 aliphatic rings. The zero-order valence-corrected chi connectivity index (χ0v) is 19.7. The number of rotatable bonds is 7. The summed E-state index contributed by atoms with van der Waals surface area (Å²) in [6.07, 6.45) is 4.15. The molecule has 2 bridgehead atoms. The van der Waals surface area contributed by atoms with E-state index in [2.05, 4.69) is 40.7 Å². The predicted molar refractivity (Wildman–Crippen MR) is 122 cm³/mol. The third-order valence-corrected chi connectivity index (χ3v) is 5.53. The Morgan fingerprint density at radius 2 is 2.00 bits per heavy atom. The molecule has 1 aromatic rings. The van der Waals surface area contributed by atoms with Gasteiger partial charge >= 0.3 is 0 Å². The number of aliphatic imine (C=N–C) groups is 1. The van der Waals surface area contributed by atoms with Gasteiger partial charge in [-0.25, -0.2) is 0 Å². The van der Waals surface area contributed by atoms with Crippen LogP contribution in [0.3, 0.4) is 0 Å². The fourth-order valence-corrected chi connectivity index (χ4v) is 4.01. The molecule has 2 aliphatic heterocycles. The Morgan fingerprint density at radius 3 is 2.54 bits per heavy atom. The van der Waals surface area contributed by atoms with Crippen molar-refractivity contribution in [1.29, 1.82) is 0 Å². The normalized spacial score (nSPS) is 24.6. The van der Waals surface area contributed by atoms with Gasteiger partial charge in [0.15, 0.2) is 17.5 Å². The predicted octanol–water partition coefficient (Wildman–Crippen LogP) is 2.41. The van der Waals surface area contributed by atoms with E-state index in [1.165, 1.54) is 6.42 Å². The van der Waals surface area contributed by atoms with E-state index in [0.717, 1.165) is 42.4 Å². The van der Waals surface area contributed by atoms with Gasteiger partial charge in [-0.3, -0.25) is 4.99 Å². The Kier molecular flexibility index (Phi) is 8.63. The number of hydrogen-bond acceptors (Lipinski definition) is 5. The lowest BCUT2D eigenvalue weighted by molar-refractivity contribution is 0.0992. The van der Waals surface area contributed by atoms with E-state index in [1.54, 1.807) is 14.2 Å². The van der Waals surface area contributed by atoms with Gasteiger partial charge < -0.3 is 29.7 Å². The maximum absolute atomic E-state index is 5.93. The summed E-state index contributed by atoms with van der Waals surface area (Å²) in [4.78, 5) is 6.58. The van der Waals surface area contributed by atoms with E-state index in [1.807, 2.05) is 19.2 Å². The molecule has 2 N–H and O–H groups in total. The van der Waals surface area contributed by atoms with Crippen molar-refractivity contribution in [3.63, 3.8) is 0 Å². The molecule has 4 unspecified atom stereocenters. The molecule has 4 atom stereocenters. The van der Waals surface area contributed by atoms with Gasteiger partial charge in [0.1, 0.15) is 0 Å². The second kappa shape index (κ2) is 10.5. The quantitative estimate of drug-likeness (QED) is 0.338. The summed E-state index contributed by atoms with van der Waals surface area (Å²) in [5, 5.41) is 7.01. The van der Waals surface area contributed by atoms with Crippen LogP contribution in [-0.2, 0) is 4.74 Å². The second-order valence-electron chi connectivity index (χ2n) is 7.41. The van der Waals surface area contributed by atoms with Crippen molar-refractivity contribution in [2.24, 2.45) is 4.99 Å². The third kappa shape index (κ3) is 5.21. The molecule has 0 aromatic heterocycles. The van der Waals surface area contributed by atoms with E-state index in [4.69, 9.17) is 14.2 Å². The molecule has 0 aliphatic carbocycles. The average molecular weight is 504 g/mol. The molecule has 2 saturated heterocycles. The zero-order chi connectivity index (χ0) is 19.4. The maximum atomic E-state index is 5.93. The molecular weight excluding hydrogens is 471 g/mol. The highest BCUT2D eigenvalue weighted by Gasteiger charge is 2.41. The number of benzene rings is 1. The van der Waals surface area contributed by atoms with E-state index < -0.39 is 0 Å². The van der Waals surface area contributed by atoms with Crippen molar-refractivity contribution < 1.29 is 14.2 Å². The van der Waals surface area contributed by atoms with Crippen LogP contribution in [0.15, 0.2) is 23.2 Å². The Labute approximate surface area is 185 Å². The van der Waals surface area contributed by atoms with Crippen LogP contribution in [0.4, 0.5) is 0 Å². The number of likely N-dealkylation sites (N-methyl/N-ethyl adjacent to an activating group) is 1. The van der Waals surface area contributed by atoms with Crippen LogP contribution in [0.5, 0.6) is 11.5 Å². The number of nitrogens with one attached hydrogen (secondary N) is 2. The Balaban J connectivity index is 0.00000280. The summed E-state index contributed by atoms with van der Waals surface area (Å²) in [6.45, 7) is 0.726. The molecule has 0 amide bonds. The molecule has 2 fully saturated rings. The van der Waals surface area contributed by atoms with Gasteiger partial charge in [0, 0.05) is 13.6 Å². The van der Waals surface area contributed by atoms with Crippen LogP contribution in [-0.4, -0.2) is 71.0 Å². The van der Waals surface area contributed by atoms with Crippen molar-refractivity contribution in [3.05, 3.63) is 23.8 Å². The van der Waals surface area contributed by atoms with E-state index in [9.17, 15) is 0 Å². The van der Waals surface area contributed by atoms with Crippen LogP contribution >= 0.6 is 24.0 Å². The lowest BCUT2D eigenvalue weighted by Crippen LogP contribution is -2.49. The average Bonchev–Trinajstić information content (AvgIpc) is 3.29. The van der Waals surface area contributed by atoms with E-state index in [0.29, 0.717) is 18.2 Å². The molecular formula is C20H33IN4O3. The van der Waals surface area contributed by atoms with Crippen LogP contribution in [0.1, 0.15) is 30.9 Å². The summed E-state index contributed by atoms with van der Waals surface area (Å²) >= 11 is 0. The summed E-state index contributed by atoms with van der Waals surface area (Å²) in [5.74, 6) is 2.30. The summed E-state index contributed by atoms with van der Waals surface area (Å²) in [7, 11) is 9.27. The largest absolute Gasteiger partial charge is 0.493 e. The van der Waals surface area contributed by atoms with Gasteiger partial charge in [0.25, 0.3) is 0 Å². The minimum Gasteiger partial charge on any atom is -0.493 e. The molecule has 0 spiro atoms. The van der Waals surface area contributed by atoms with E-state index in [-0.39, 0.29) is 30.0 Å². The number of methoxy groups -OCH3 is 2. The third-order valence-electron chi connectivity index (χ3n) is 5.53. The molecule has 0 radical (unpaired) electrons.